The van der Waals surface area contributed by atoms with Gasteiger partial charge in [-0.25, -0.2) is 0 Å². The van der Waals surface area contributed by atoms with Gasteiger partial charge in [-0.05, 0) is 25.5 Å². The zero-order valence-electron chi connectivity index (χ0n) is 12.2. The minimum atomic E-state index is -0.0744. The highest BCUT2D eigenvalue weighted by atomic mass is 32.1. The number of aryl methyl sites for hydroxylation is 2. The number of nitrogens with one attached hydrogen (secondary N) is 1. The van der Waals surface area contributed by atoms with Crippen molar-refractivity contribution in [1.29, 1.82) is 0 Å². The molecule has 5 nitrogen and oxygen atoms in total. The van der Waals surface area contributed by atoms with E-state index in [4.69, 9.17) is 0 Å². The molecule has 0 saturated carbocycles. The van der Waals surface area contributed by atoms with Gasteiger partial charge in [0.1, 0.15) is 0 Å². The second-order valence-corrected chi connectivity index (χ2v) is 6.40. The molecule has 0 aromatic carbocycles. The monoisotopic (exact) mass is 295 g/mol. The highest BCUT2D eigenvalue weighted by Gasteiger charge is 2.21. The van der Waals surface area contributed by atoms with Gasteiger partial charge in [0.05, 0.1) is 11.4 Å². The molecule has 6 heteroatoms. The second-order valence-electron chi connectivity index (χ2n) is 5.14. The summed E-state index contributed by atoms with van der Waals surface area (Å²) in [4.78, 5) is 29.6. The van der Waals surface area contributed by atoms with Gasteiger partial charge in [0, 0.05) is 38.1 Å². The number of hydrogen-bond donors (Lipinski definition) is 1. The van der Waals surface area contributed by atoms with Crippen molar-refractivity contribution < 1.29 is 9.59 Å². The predicted octanol–water partition coefficient (Wildman–Crippen LogP) is 0.869. The largest absolute Gasteiger partial charge is 0.339 e. The Kier molecular flexibility index (Phi) is 4.77. The molecule has 0 radical (unpaired) electrons. The molecule has 2 amide bonds. The SMILES string of the molecule is Cc1cc(C(=O)N(C)CC(=O)N2CCNCC2)sc1C. The van der Waals surface area contributed by atoms with E-state index in [1.807, 2.05) is 24.8 Å². The van der Waals surface area contributed by atoms with Crippen LogP contribution in [-0.2, 0) is 4.79 Å². The fraction of sp³-hybridized carbons (Fsp3) is 0.571. The first-order valence-corrected chi connectivity index (χ1v) is 7.61. The maximum atomic E-state index is 12.3. The molecule has 1 aromatic rings. The van der Waals surface area contributed by atoms with E-state index in [-0.39, 0.29) is 18.4 Å². The highest BCUT2D eigenvalue weighted by molar-refractivity contribution is 7.14. The lowest BCUT2D eigenvalue weighted by atomic mass is 10.2. The Hall–Kier alpha value is -1.40. The van der Waals surface area contributed by atoms with Crippen LogP contribution in [0.2, 0.25) is 0 Å². The van der Waals surface area contributed by atoms with Crippen LogP contribution >= 0.6 is 11.3 Å². The zero-order valence-corrected chi connectivity index (χ0v) is 13.0. The Morgan fingerprint density at radius 1 is 1.35 bits per heavy atom. The number of amides is 2. The molecule has 0 bridgehead atoms. The van der Waals surface area contributed by atoms with Gasteiger partial charge in [-0.1, -0.05) is 0 Å². The quantitative estimate of drug-likeness (QED) is 0.900. The Morgan fingerprint density at radius 3 is 2.55 bits per heavy atom. The number of nitrogens with zero attached hydrogens (tertiary/aromatic N) is 2. The summed E-state index contributed by atoms with van der Waals surface area (Å²) in [7, 11) is 1.69. The van der Waals surface area contributed by atoms with Crippen LogP contribution in [0.4, 0.5) is 0 Å². The standard InChI is InChI=1S/C14H21N3O2S/c1-10-8-12(20-11(10)2)14(19)16(3)9-13(18)17-6-4-15-5-7-17/h8,15H,4-7,9H2,1-3H3. The van der Waals surface area contributed by atoms with E-state index in [0.717, 1.165) is 36.6 Å². The molecule has 1 N–H and O–H groups in total. The molecule has 110 valence electrons. The highest BCUT2D eigenvalue weighted by Crippen LogP contribution is 2.21. The lowest BCUT2D eigenvalue weighted by molar-refractivity contribution is -0.132. The summed E-state index contributed by atoms with van der Waals surface area (Å²) >= 11 is 1.49. The van der Waals surface area contributed by atoms with Gasteiger partial charge in [-0.15, -0.1) is 11.3 Å². The van der Waals surface area contributed by atoms with Crippen molar-refractivity contribution in [3.05, 3.63) is 21.4 Å². The van der Waals surface area contributed by atoms with Crippen molar-refractivity contribution in [1.82, 2.24) is 15.1 Å². The minimum absolute atomic E-state index is 0.0207. The van der Waals surface area contributed by atoms with Crippen molar-refractivity contribution >= 4 is 23.2 Å². The van der Waals surface area contributed by atoms with Crippen LogP contribution in [0.1, 0.15) is 20.1 Å². The van der Waals surface area contributed by atoms with Crippen molar-refractivity contribution in [3.8, 4) is 0 Å². The normalized spacial score (nSPS) is 15.2. The number of hydrogen-bond acceptors (Lipinski definition) is 4. The Balaban J connectivity index is 1.95. The number of carbonyl (C=O) groups is 2. The summed E-state index contributed by atoms with van der Waals surface area (Å²) in [6.45, 7) is 7.24. The minimum Gasteiger partial charge on any atom is -0.339 e. The van der Waals surface area contributed by atoms with Crippen LogP contribution in [0, 0.1) is 13.8 Å². The van der Waals surface area contributed by atoms with Crippen LogP contribution in [0.5, 0.6) is 0 Å². The van der Waals surface area contributed by atoms with Crippen LogP contribution in [0.3, 0.4) is 0 Å². The average Bonchev–Trinajstić information content (AvgIpc) is 2.78. The number of thiophene rings is 1. The van der Waals surface area contributed by atoms with E-state index in [9.17, 15) is 9.59 Å². The van der Waals surface area contributed by atoms with E-state index in [0.29, 0.717) is 4.88 Å². The molecule has 1 fully saturated rings. The van der Waals surface area contributed by atoms with E-state index in [1.165, 1.54) is 16.2 Å². The molecule has 20 heavy (non-hydrogen) atoms. The molecule has 1 aromatic heterocycles. The number of carbonyl (C=O) groups excluding carboxylic acids is 2. The smallest absolute Gasteiger partial charge is 0.264 e. The Bertz CT molecular complexity index is 487. The van der Waals surface area contributed by atoms with E-state index < -0.39 is 0 Å². The molecule has 0 spiro atoms. The summed E-state index contributed by atoms with van der Waals surface area (Å²) in [5.41, 5.74) is 1.13. The molecule has 2 heterocycles. The molecule has 0 atom stereocenters. The van der Waals surface area contributed by atoms with Crippen LogP contribution < -0.4 is 5.32 Å². The van der Waals surface area contributed by atoms with Crippen LogP contribution in [0.25, 0.3) is 0 Å². The summed E-state index contributed by atoms with van der Waals surface area (Å²) in [6, 6.07) is 1.90. The van der Waals surface area contributed by atoms with Gasteiger partial charge in [-0.2, -0.15) is 0 Å². The third kappa shape index (κ3) is 3.37. The summed E-state index contributed by atoms with van der Waals surface area (Å²) in [5, 5.41) is 3.21. The molecule has 0 aliphatic carbocycles. The van der Waals surface area contributed by atoms with Gasteiger partial charge in [0.15, 0.2) is 0 Å². The van der Waals surface area contributed by atoms with Gasteiger partial charge in [0.25, 0.3) is 5.91 Å². The lowest BCUT2D eigenvalue weighted by Gasteiger charge is -2.29. The molecular weight excluding hydrogens is 274 g/mol. The van der Waals surface area contributed by atoms with E-state index in [1.54, 1.807) is 7.05 Å². The molecule has 1 aliphatic heterocycles. The Labute approximate surface area is 123 Å². The topological polar surface area (TPSA) is 52.7 Å². The van der Waals surface area contributed by atoms with Crippen molar-refractivity contribution in [2.24, 2.45) is 0 Å². The predicted molar refractivity (Wildman–Crippen MR) is 80.2 cm³/mol. The van der Waals surface area contributed by atoms with Gasteiger partial charge >= 0.3 is 0 Å². The Morgan fingerprint density at radius 2 is 2.00 bits per heavy atom. The maximum Gasteiger partial charge on any atom is 0.264 e. The van der Waals surface area contributed by atoms with Gasteiger partial charge in [-0.3, -0.25) is 9.59 Å². The first-order chi connectivity index (χ1) is 9.49. The van der Waals surface area contributed by atoms with Crippen LogP contribution in [-0.4, -0.2) is 61.4 Å². The molecular formula is C14H21N3O2S. The summed E-state index contributed by atoms with van der Waals surface area (Å²) in [5.74, 6) is -0.0537. The van der Waals surface area contributed by atoms with E-state index in [2.05, 4.69) is 5.32 Å². The molecule has 2 rings (SSSR count). The first-order valence-electron chi connectivity index (χ1n) is 6.80. The second kappa shape index (κ2) is 6.37. The summed E-state index contributed by atoms with van der Waals surface area (Å²) < 4.78 is 0. The number of piperazine rings is 1. The number of rotatable bonds is 3. The van der Waals surface area contributed by atoms with Crippen LogP contribution in [0.15, 0.2) is 6.07 Å². The molecule has 0 unspecified atom stereocenters. The lowest BCUT2D eigenvalue weighted by Crippen LogP contribution is -2.49. The molecule has 1 saturated heterocycles. The van der Waals surface area contributed by atoms with Gasteiger partial charge < -0.3 is 15.1 Å². The van der Waals surface area contributed by atoms with Gasteiger partial charge in [0.2, 0.25) is 5.91 Å². The zero-order chi connectivity index (χ0) is 14.7. The fourth-order valence-electron chi connectivity index (χ4n) is 2.16. The third-order valence-corrected chi connectivity index (χ3v) is 4.71. The fourth-order valence-corrected chi connectivity index (χ4v) is 3.18. The summed E-state index contributed by atoms with van der Waals surface area (Å²) in [6.07, 6.45) is 0. The molecule has 1 aliphatic rings. The van der Waals surface area contributed by atoms with E-state index >= 15 is 0 Å². The van der Waals surface area contributed by atoms with Crippen molar-refractivity contribution in [2.45, 2.75) is 13.8 Å². The average molecular weight is 295 g/mol. The number of likely N-dealkylation sites (N-methyl/N-ethyl adjacent to an activating group) is 1. The third-order valence-electron chi connectivity index (χ3n) is 3.57. The van der Waals surface area contributed by atoms with Crippen molar-refractivity contribution in [3.63, 3.8) is 0 Å². The first kappa shape index (κ1) is 15.0. The van der Waals surface area contributed by atoms with Crippen molar-refractivity contribution in [2.75, 3.05) is 39.8 Å². The maximum absolute atomic E-state index is 12.3.